The van der Waals surface area contributed by atoms with Gasteiger partial charge in [-0.05, 0) is 24.3 Å². The van der Waals surface area contributed by atoms with Crippen LogP contribution in [-0.4, -0.2) is 23.3 Å². The van der Waals surface area contributed by atoms with E-state index in [9.17, 15) is 4.79 Å². The summed E-state index contributed by atoms with van der Waals surface area (Å²) in [4.78, 5) is 12.2. The number of amides is 1. The minimum Gasteiger partial charge on any atom is -0.508 e. The third-order valence-corrected chi connectivity index (χ3v) is 2.78. The van der Waals surface area contributed by atoms with Crippen LogP contribution < -0.4 is 5.32 Å². The molecule has 0 spiro atoms. The van der Waals surface area contributed by atoms with Crippen LogP contribution in [0.4, 0.5) is 0 Å². The second-order valence-corrected chi connectivity index (χ2v) is 4.09. The summed E-state index contributed by atoms with van der Waals surface area (Å²) in [5.74, 6) is 0.437. The van der Waals surface area contributed by atoms with E-state index in [0.717, 1.165) is 4.90 Å². The molecule has 0 saturated heterocycles. The van der Waals surface area contributed by atoms with Gasteiger partial charge in [0.05, 0.1) is 18.2 Å². The fourth-order valence-corrected chi connectivity index (χ4v) is 1.73. The Balaban J connectivity index is 2.26. The molecule has 0 heterocycles. The summed E-state index contributed by atoms with van der Waals surface area (Å²) in [6.07, 6.45) is 0.329. The van der Waals surface area contributed by atoms with E-state index in [2.05, 4.69) is 5.32 Å². The zero-order valence-electron chi connectivity index (χ0n) is 8.64. The maximum Gasteiger partial charge on any atom is 0.230 e. The van der Waals surface area contributed by atoms with E-state index in [1.807, 2.05) is 6.07 Å². The van der Waals surface area contributed by atoms with Crippen molar-refractivity contribution in [3.05, 3.63) is 24.3 Å². The van der Waals surface area contributed by atoms with Crippen LogP contribution in [0, 0.1) is 11.3 Å². The average molecular weight is 236 g/mol. The lowest BCUT2D eigenvalue weighted by molar-refractivity contribution is -0.118. The molecule has 0 atom stereocenters. The van der Waals surface area contributed by atoms with Crippen molar-refractivity contribution in [1.29, 1.82) is 5.26 Å². The first kappa shape index (κ1) is 12.4. The molecule has 0 unspecified atom stereocenters. The molecule has 0 aliphatic carbocycles. The lowest BCUT2D eigenvalue weighted by Gasteiger charge is -2.02. The minimum absolute atomic E-state index is 0.0895. The topological polar surface area (TPSA) is 73.1 Å². The van der Waals surface area contributed by atoms with Crippen molar-refractivity contribution in [2.45, 2.75) is 11.3 Å². The summed E-state index contributed by atoms with van der Waals surface area (Å²) in [5.41, 5.74) is 0. The third kappa shape index (κ3) is 4.71. The Morgan fingerprint density at radius 1 is 1.44 bits per heavy atom. The highest BCUT2D eigenvalue weighted by Gasteiger charge is 2.01. The minimum atomic E-state index is -0.0895. The number of carbonyl (C=O) groups is 1. The van der Waals surface area contributed by atoms with Crippen LogP contribution in [0.15, 0.2) is 29.2 Å². The lowest BCUT2D eigenvalue weighted by atomic mass is 10.3. The zero-order valence-corrected chi connectivity index (χ0v) is 9.46. The summed E-state index contributed by atoms with van der Waals surface area (Å²) in [6, 6.07) is 8.62. The van der Waals surface area contributed by atoms with Crippen molar-refractivity contribution in [3.63, 3.8) is 0 Å². The van der Waals surface area contributed by atoms with E-state index >= 15 is 0 Å². The van der Waals surface area contributed by atoms with E-state index in [1.54, 1.807) is 24.3 Å². The number of thioether (sulfide) groups is 1. The van der Waals surface area contributed by atoms with Gasteiger partial charge in [-0.15, -0.1) is 11.8 Å². The van der Waals surface area contributed by atoms with Crippen LogP contribution in [0.25, 0.3) is 0 Å². The van der Waals surface area contributed by atoms with Gasteiger partial charge in [0.25, 0.3) is 0 Å². The van der Waals surface area contributed by atoms with Crippen LogP contribution in [0.2, 0.25) is 0 Å². The highest BCUT2D eigenvalue weighted by Crippen LogP contribution is 2.20. The second-order valence-electron chi connectivity index (χ2n) is 3.04. The third-order valence-electron chi connectivity index (χ3n) is 1.77. The number of phenolic OH excluding ortho intramolecular Hbond substituents is 1. The van der Waals surface area contributed by atoms with Crippen molar-refractivity contribution < 1.29 is 9.90 Å². The first-order valence-corrected chi connectivity index (χ1v) is 5.76. The molecule has 0 saturated carbocycles. The van der Waals surface area contributed by atoms with Gasteiger partial charge in [-0.3, -0.25) is 4.79 Å². The average Bonchev–Trinajstić information content (AvgIpc) is 2.29. The first-order valence-electron chi connectivity index (χ1n) is 4.78. The number of nitrogens with one attached hydrogen (secondary N) is 1. The van der Waals surface area contributed by atoms with Gasteiger partial charge < -0.3 is 10.4 Å². The van der Waals surface area contributed by atoms with Crippen molar-refractivity contribution in [3.8, 4) is 11.8 Å². The Bertz CT molecular complexity index is 384. The molecule has 0 aromatic heterocycles. The predicted molar refractivity (Wildman–Crippen MR) is 62.1 cm³/mol. The largest absolute Gasteiger partial charge is 0.508 e. The highest BCUT2D eigenvalue weighted by molar-refractivity contribution is 8.00. The van der Waals surface area contributed by atoms with Gasteiger partial charge in [0.2, 0.25) is 5.91 Å². The first-order chi connectivity index (χ1) is 7.72. The molecule has 0 aliphatic heterocycles. The second kappa shape index (κ2) is 6.75. The van der Waals surface area contributed by atoms with Gasteiger partial charge in [-0.2, -0.15) is 5.26 Å². The normalized spacial score (nSPS) is 9.44. The number of aromatic hydroxyl groups is 1. The Labute approximate surface area is 98.3 Å². The van der Waals surface area contributed by atoms with Crippen LogP contribution in [0.1, 0.15) is 6.42 Å². The molecular weight excluding hydrogens is 224 g/mol. The maximum atomic E-state index is 11.3. The number of phenols is 1. The molecule has 0 bridgehead atoms. The van der Waals surface area contributed by atoms with Crippen molar-refractivity contribution in [2.24, 2.45) is 0 Å². The van der Waals surface area contributed by atoms with Crippen LogP contribution in [-0.2, 0) is 4.79 Å². The molecule has 4 nitrogen and oxygen atoms in total. The van der Waals surface area contributed by atoms with Crippen LogP contribution >= 0.6 is 11.8 Å². The molecule has 1 amide bonds. The van der Waals surface area contributed by atoms with E-state index < -0.39 is 0 Å². The van der Waals surface area contributed by atoms with E-state index in [-0.39, 0.29) is 11.7 Å². The van der Waals surface area contributed by atoms with Crippen LogP contribution in [0.5, 0.6) is 5.75 Å². The summed E-state index contributed by atoms with van der Waals surface area (Å²) >= 11 is 1.39. The maximum absolute atomic E-state index is 11.3. The molecule has 84 valence electrons. The van der Waals surface area contributed by atoms with Gasteiger partial charge >= 0.3 is 0 Å². The smallest absolute Gasteiger partial charge is 0.230 e. The number of hydrogen-bond acceptors (Lipinski definition) is 4. The number of hydrogen-bond donors (Lipinski definition) is 2. The molecule has 1 aromatic carbocycles. The predicted octanol–water partition coefficient (Wildman–Crippen LogP) is 1.51. The molecule has 5 heteroatoms. The fraction of sp³-hybridized carbons (Fsp3) is 0.273. The van der Waals surface area contributed by atoms with Crippen molar-refractivity contribution in [2.75, 3.05) is 12.3 Å². The van der Waals surface area contributed by atoms with E-state index in [1.165, 1.54) is 11.8 Å². The Kier molecular flexibility index (Phi) is 5.23. The van der Waals surface area contributed by atoms with Gasteiger partial charge in [0, 0.05) is 11.4 Å². The summed E-state index contributed by atoms with van der Waals surface area (Å²) < 4.78 is 0. The highest BCUT2D eigenvalue weighted by atomic mass is 32.2. The van der Waals surface area contributed by atoms with Gasteiger partial charge in [-0.25, -0.2) is 0 Å². The summed E-state index contributed by atoms with van der Waals surface area (Å²) in [7, 11) is 0. The zero-order chi connectivity index (χ0) is 11.8. The fourth-order valence-electron chi connectivity index (χ4n) is 1.00. The van der Waals surface area contributed by atoms with Gasteiger partial charge in [0.15, 0.2) is 0 Å². The van der Waals surface area contributed by atoms with Crippen molar-refractivity contribution in [1.82, 2.24) is 5.32 Å². The molecule has 1 aromatic rings. The van der Waals surface area contributed by atoms with Crippen molar-refractivity contribution >= 4 is 17.7 Å². The van der Waals surface area contributed by atoms with E-state index in [0.29, 0.717) is 18.7 Å². The molecule has 2 N–H and O–H groups in total. The number of benzene rings is 1. The van der Waals surface area contributed by atoms with E-state index in [4.69, 9.17) is 10.4 Å². The summed E-state index contributed by atoms with van der Waals surface area (Å²) in [5, 5.41) is 20.0. The molecule has 0 fully saturated rings. The number of carbonyl (C=O) groups excluding carboxylic acids is 1. The Morgan fingerprint density at radius 2 is 2.12 bits per heavy atom. The summed E-state index contributed by atoms with van der Waals surface area (Å²) in [6.45, 7) is 0.394. The van der Waals surface area contributed by atoms with Gasteiger partial charge in [0.1, 0.15) is 5.75 Å². The van der Waals surface area contributed by atoms with Crippen LogP contribution in [0.3, 0.4) is 0 Å². The Morgan fingerprint density at radius 3 is 2.75 bits per heavy atom. The monoisotopic (exact) mass is 236 g/mol. The number of nitriles is 1. The Hall–Kier alpha value is -1.67. The molecule has 0 radical (unpaired) electrons. The molecular formula is C11H12N2O2S. The lowest BCUT2D eigenvalue weighted by Crippen LogP contribution is -2.25. The quantitative estimate of drug-likeness (QED) is 0.600. The number of nitrogens with zero attached hydrogens (tertiary/aromatic N) is 1. The number of rotatable bonds is 5. The van der Waals surface area contributed by atoms with Gasteiger partial charge in [-0.1, -0.05) is 0 Å². The molecule has 16 heavy (non-hydrogen) atoms. The SMILES string of the molecule is N#CCCNC(=O)CSc1ccc(O)cc1. The molecule has 0 aliphatic rings. The standard InChI is InChI=1S/C11H12N2O2S/c12-6-1-7-13-11(15)8-16-10-4-2-9(14)3-5-10/h2-5,14H,1,7-8H2,(H,13,15). The molecule has 1 rings (SSSR count).